The van der Waals surface area contributed by atoms with Crippen LogP contribution in [0.1, 0.15) is 25.5 Å². The highest BCUT2D eigenvalue weighted by Gasteiger charge is 2.27. The third-order valence-electron chi connectivity index (χ3n) is 4.02. The van der Waals surface area contributed by atoms with E-state index in [1.54, 1.807) is 0 Å². The Morgan fingerprint density at radius 1 is 1.25 bits per heavy atom. The highest BCUT2D eigenvalue weighted by molar-refractivity contribution is 6.53. The van der Waals surface area contributed by atoms with Crippen LogP contribution in [-0.2, 0) is 14.3 Å². The summed E-state index contributed by atoms with van der Waals surface area (Å²) >= 11 is 11.1. The molecule has 1 rings (SSSR count). The number of ether oxygens (including phenoxy) is 1. The smallest absolute Gasteiger partial charge is 0.320 e. The van der Waals surface area contributed by atoms with Crippen LogP contribution in [0.5, 0.6) is 0 Å². The highest BCUT2D eigenvalue weighted by Crippen LogP contribution is 2.21. The predicted molar refractivity (Wildman–Crippen MR) is 104 cm³/mol. The van der Waals surface area contributed by atoms with Crippen LogP contribution in [0.4, 0.5) is 5.69 Å². The summed E-state index contributed by atoms with van der Waals surface area (Å²) in [5.74, 6) is -1.29. The number of hydrogen-bond donors (Lipinski definition) is 2. The third-order valence-corrected chi connectivity index (χ3v) is 4.42. The van der Waals surface area contributed by atoms with Gasteiger partial charge < -0.3 is 15.2 Å². The van der Waals surface area contributed by atoms with Crippen molar-refractivity contribution in [3.63, 3.8) is 0 Å². The van der Waals surface area contributed by atoms with Gasteiger partial charge in [0.15, 0.2) is 4.84 Å². The van der Waals surface area contributed by atoms with E-state index in [4.69, 9.17) is 27.9 Å². The van der Waals surface area contributed by atoms with Crippen molar-refractivity contribution in [1.29, 1.82) is 0 Å². The van der Waals surface area contributed by atoms with E-state index in [-0.39, 0.29) is 24.4 Å². The number of halogens is 2. The highest BCUT2D eigenvalue weighted by atomic mass is 35.5. The molecule has 0 aliphatic carbocycles. The molecule has 0 heterocycles. The maximum atomic E-state index is 12.0. The summed E-state index contributed by atoms with van der Waals surface area (Å²) < 4.78 is 5.17. The molecule has 0 radical (unpaired) electrons. The van der Waals surface area contributed by atoms with Crippen molar-refractivity contribution in [3.05, 3.63) is 39.9 Å². The number of alkyl halides is 2. The molecular formula is C17H23Cl2N3O6. The largest absolute Gasteiger partial charge is 0.462 e. The van der Waals surface area contributed by atoms with E-state index >= 15 is 0 Å². The minimum atomic E-state index is -1.38. The lowest BCUT2D eigenvalue weighted by molar-refractivity contribution is -0.384. The number of nitro benzene ring substituents is 1. The maximum absolute atomic E-state index is 12.0. The number of nitro groups is 1. The van der Waals surface area contributed by atoms with E-state index in [2.05, 4.69) is 5.32 Å². The number of carbonyl (C=O) groups excluding carboxylic acids is 2. The van der Waals surface area contributed by atoms with E-state index in [0.717, 1.165) is 0 Å². The summed E-state index contributed by atoms with van der Waals surface area (Å²) in [6.07, 6.45) is -1.31. The van der Waals surface area contributed by atoms with Crippen LogP contribution in [0.15, 0.2) is 24.3 Å². The number of carbonyl (C=O) groups is 2. The molecule has 0 saturated carbocycles. The van der Waals surface area contributed by atoms with E-state index in [1.807, 2.05) is 18.7 Å². The fourth-order valence-corrected chi connectivity index (χ4v) is 2.47. The minimum Gasteiger partial charge on any atom is -0.462 e. The van der Waals surface area contributed by atoms with Crippen molar-refractivity contribution in [2.75, 3.05) is 26.2 Å². The second kappa shape index (κ2) is 11.8. The van der Waals surface area contributed by atoms with Gasteiger partial charge in [-0.25, -0.2) is 0 Å². The molecule has 11 heteroatoms. The van der Waals surface area contributed by atoms with Crippen LogP contribution >= 0.6 is 23.2 Å². The Bertz CT molecular complexity index is 667. The van der Waals surface area contributed by atoms with Gasteiger partial charge in [-0.2, -0.15) is 0 Å². The zero-order chi connectivity index (χ0) is 21.3. The molecule has 0 unspecified atom stereocenters. The van der Waals surface area contributed by atoms with Crippen molar-refractivity contribution in [2.45, 2.75) is 30.8 Å². The van der Waals surface area contributed by atoms with E-state index < -0.39 is 33.8 Å². The molecule has 1 aromatic carbocycles. The number of hydrogen-bond acceptors (Lipinski definition) is 7. The lowest BCUT2D eigenvalue weighted by Gasteiger charge is -2.25. The number of non-ortho nitro benzene ring substituents is 1. The number of rotatable bonds is 11. The van der Waals surface area contributed by atoms with Crippen molar-refractivity contribution in [2.24, 2.45) is 0 Å². The molecular weight excluding hydrogens is 413 g/mol. The average Bonchev–Trinajstić information content (AvgIpc) is 2.68. The van der Waals surface area contributed by atoms with Gasteiger partial charge in [-0.1, -0.05) is 37.0 Å². The molecule has 0 saturated heterocycles. The number of aliphatic hydroxyl groups is 1. The number of nitrogens with one attached hydrogen (secondary N) is 1. The van der Waals surface area contributed by atoms with Crippen LogP contribution in [0.3, 0.4) is 0 Å². The Balaban J connectivity index is 2.87. The molecule has 0 aromatic heterocycles. The monoisotopic (exact) mass is 435 g/mol. The van der Waals surface area contributed by atoms with Gasteiger partial charge in [0.1, 0.15) is 12.7 Å². The van der Waals surface area contributed by atoms with E-state index in [0.29, 0.717) is 13.1 Å². The van der Waals surface area contributed by atoms with Gasteiger partial charge in [0.25, 0.3) is 11.6 Å². The molecule has 156 valence electrons. The summed E-state index contributed by atoms with van der Waals surface area (Å²) in [6, 6.07) is 4.08. The lowest BCUT2D eigenvalue weighted by atomic mass is 10.0. The van der Waals surface area contributed by atoms with Gasteiger partial charge in [0.2, 0.25) is 0 Å². The van der Waals surface area contributed by atoms with Crippen LogP contribution in [0.2, 0.25) is 0 Å². The summed E-state index contributed by atoms with van der Waals surface area (Å²) in [5, 5.41) is 23.7. The lowest BCUT2D eigenvalue weighted by Crippen LogP contribution is -2.45. The van der Waals surface area contributed by atoms with Gasteiger partial charge in [-0.05, 0) is 30.8 Å². The molecule has 0 fully saturated rings. The predicted octanol–water partition coefficient (Wildman–Crippen LogP) is 1.80. The third kappa shape index (κ3) is 7.59. The van der Waals surface area contributed by atoms with Crippen LogP contribution in [-0.4, -0.2) is 63.9 Å². The number of aliphatic hydroxyl groups excluding tert-OH is 1. The Morgan fingerprint density at radius 3 is 2.29 bits per heavy atom. The first-order valence-electron chi connectivity index (χ1n) is 8.58. The summed E-state index contributed by atoms with van der Waals surface area (Å²) in [6.45, 7) is 4.87. The van der Waals surface area contributed by atoms with E-state index in [1.165, 1.54) is 24.3 Å². The van der Waals surface area contributed by atoms with Gasteiger partial charge in [-0.15, -0.1) is 0 Å². The number of likely N-dealkylation sites (N-methyl/N-ethyl adjacent to an activating group) is 1. The van der Waals surface area contributed by atoms with E-state index in [9.17, 15) is 24.8 Å². The van der Waals surface area contributed by atoms with Crippen LogP contribution in [0, 0.1) is 10.1 Å². The second-order valence-electron chi connectivity index (χ2n) is 5.85. The molecule has 0 aliphatic heterocycles. The Kier molecular flexibility index (Phi) is 10.2. The molecule has 2 atom stereocenters. The standard InChI is InChI=1S/C17H23Cl2N3O6/c1-3-21(4-2)9-14(23)28-10-13(20-17(25)16(18)19)15(24)11-5-7-12(8-6-11)22(26)27/h5-8,13,15-16,24H,3-4,9-10H2,1-2H3,(H,20,25)/t13-,15-/m1/s1. The van der Waals surface area contributed by atoms with Gasteiger partial charge in [0.05, 0.1) is 17.5 Å². The first kappa shape index (κ1) is 24.1. The first-order chi connectivity index (χ1) is 13.2. The minimum absolute atomic E-state index is 0.0644. The zero-order valence-corrected chi connectivity index (χ0v) is 17.0. The van der Waals surface area contributed by atoms with Gasteiger partial charge >= 0.3 is 5.97 Å². The fraction of sp³-hybridized carbons (Fsp3) is 0.529. The molecule has 9 nitrogen and oxygen atoms in total. The molecule has 28 heavy (non-hydrogen) atoms. The van der Waals surface area contributed by atoms with Crippen molar-refractivity contribution in [3.8, 4) is 0 Å². The molecule has 0 spiro atoms. The molecule has 1 amide bonds. The topological polar surface area (TPSA) is 122 Å². The SMILES string of the molecule is CCN(CC)CC(=O)OC[C@@H](NC(=O)C(Cl)Cl)[C@H](O)c1ccc([N+](=O)[O-])cc1. The summed E-state index contributed by atoms with van der Waals surface area (Å²) in [4.78, 5) is 34.5. The van der Waals surface area contributed by atoms with Crippen molar-refractivity contribution < 1.29 is 24.4 Å². The zero-order valence-electron chi connectivity index (χ0n) is 15.5. The molecule has 2 N–H and O–H groups in total. The fourth-order valence-electron chi connectivity index (χ4n) is 2.34. The van der Waals surface area contributed by atoms with Gasteiger partial charge in [-0.3, -0.25) is 24.6 Å². The Hall–Kier alpha value is -1.94. The number of amides is 1. The molecule has 0 aliphatic rings. The Labute approximate surface area is 172 Å². The van der Waals surface area contributed by atoms with Crippen LogP contribution < -0.4 is 5.32 Å². The average molecular weight is 436 g/mol. The molecule has 1 aromatic rings. The molecule has 0 bridgehead atoms. The summed E-state index contributed by atoms with van der Waals surface area (Å²) in [7, 11) is 0. The number of nitrogens with zero attached hydrogens (tertiary/aromatic N) is 2. The summed E-state index contributed by atoms with van der Waals surface area (Å²) in [5.41, 5.74) is 0.139. The van der Waals surface area contributed by atoms with Gasteiger partial charge in [0, 0.05) is 12.1 Å². The first-order valence-corrected chi connectivity index (χ1v) is 9.45. The maximum Gasteiger partial charge on any atom is 0.320 e. The van der Waals surface area contributed by atoms with Crippen molar-refractivity contribution >= 4 is 40.8 Å². The number of benzene rings is 1. The van der Waals surface area contributed by atoms with Crippen LogP contribution in [0.25, 0.3) is 0 Å². The van der Waals surface area contributed by atoms with Crippen molar-refractivity contribution in [1.82, 2.24) is 10.2 Å². The quantitative estimate of drug-likeness (QED) is 0.235. The Morgan fingerprint density at radius 2 is 1.82 bits per heavy atom. The second-order valence-corrected chi connectivity index (χ2v) is 6.95. The normalized spacial score (nSPS) is 13.2. The number of esters is 1.